The number of carbonyl (C=O) groups excluding carboxylic acids is 1. The van der Waals surface area contributed by atoms with Crippen LogP contribution in [0, 0.1) is 0 Å². The number of hydrogen-bond donors (Lipinski definition) is 1. The third-order valence-corrected chi connectivity index (χ3v) is 4.63. The van der Waals surface area contributed by atoms with Crippen LogP contribution in [0.15, 0.2) is 54.6 Å². The molecular formula is C20H23NO4. The number of benzene rings is 2. The van der Waals surface area contributed by atoms with Gasteiger partial charge in [-0.05, 0) is 24.5 Å². The van der Waals surface area contributed by atoms with Crippen LogP contribution in [0.3, 0.4) is 0 Å². The molecule has 1 heterocycles. The first-order chi connectivity index (χ1) is 12.2. The third-order valence-electron chi connectivity index (χ3n) is 4.63. The summed E-state index contributed by atoms with van der Waals surface area (Å²) in [6.07, 6.45) is 1.10. The summed E-state index contributed by atoms with van der Waals surface area (Å²) in [6, 6.07) is 16.9. The maximum atomic E-state index is 12.7. The molecule has 5 nitrogen and oxygen atoms in total. The summed E-state index contributed by atoms with van der Waals surface area (Å²) in [5, 5.41) is 9.68. The van der Waals surface area contributed by atoms with Crippen molar-refractivity contribution < 1.29 is 19.4 Å². The van der Waals surface area contributed by atoms with Gasteiger partial charge in [-0.15, -0.1) is 0 Å². The minimum Gasteiger partial charge on any atom is -0.496 e. The molecule has 2 unspecified atom stereocenters. The van der Waals surface area contributed by atoms with E-state index in [0.29, 0.717) is 0 Å². The number of likely N-dealkylation sites (tertiary alicyclic amines) is 1. The number of rotatable bonds is 5. The maximum Gasteiger partial charge on any atom is 0.410 e. The predicted octanol–water partition coefficient (Wildman–Crippen LogP) is 3.53. The molecule has 2 aromatic carbocycles. The molecule has 1 amide bonds. The number of carbonyl (C=O) groups is 1. The highest BCUT2D eigenvalue weighted by molar-refractivity contribution is 5.69. The van der Waals surface area contributed by atoms with Crippen LogP contribution >= 0.6 is 0 Å². The van der Waals surface area contributed by atoms with Gasteiger partial charge in [0.2, 0.25) is 0 Å². The first kappa shape index (κ1) is 17.3. The summed E-state index contributed by atoms with van der Waals surface area (Å²) < 4.78 is 10.9. The van der Waals surface area contributed by atoms with Crippen molar-refractivity contribution in [1.82, 2.24) is 4.90 Å². The summed E-state index contributed by atoms with van der Waals surface area (Å²) in [7, 11) is 1.62. The quantitative estimate of drug-likeness (QED) is 0.904. The molecule has 1 fully saturated rings. The monoisotopic (exact) mass is 341 g/mol. The number of aliphatic hydroxyl groups is 1. The van der Waals surface area contributed by atoms with E-state index in [1.165, 1.54) is 0 Å². The summed E-state index contributed by atoms with van der Waals surface area (Å²) in [4.78, 5) is 14.4. The Morgan fingerprint density at radius 2 is 1.84 bits per heavy atom. The molecular weight excluding hydrogens is 318 g/mol. The Labute approximate surface area is 147 Å². The molecule has 1 N–H and O–H groups in total. The second-order valence-corrected chi connectivity index (χ2v) is 6.12. The van der Waals surface area contributed by atoms with Crippen molar-refractivity contribution >= 4 is 6.09 Å². The van der Waals surface area contributed by atoms with Crippen molar-refractivity contribution in [2.45, 2.75) is 31.5 Å². The second-order valence-electron chi connectivity index (χ2n) is 6.12. The average molecular weight is 341 g/mol. The van der Waals surface area contributed by atoms with Gasteiger partial charge in [0, 0.05) is 5.56 Å². The lowest BCUT2D eigenvalue weighted by atomic mass is 10.0. The van der Waals surface area contributed by atoms with Gasteiger partial charge in [-0.3, -0.25) is 4.90 Å². The van der Waals surface area contributed by atoms with E-state index in [4.69, 9.17) is 9.47 Å². The number of para-hydroxylation sites is 1. The van der Waals surface area contributed by atoms with Crippen molar-refractivity contribution in [1.29, 1.82) is 0 Å². The molecule has 3 rings (SSSR count). The third kappa shape index (κ3) is 3.77. The van der Waals surface area contributed by atoms with Crippen molar-refractivity contribution in [2.75, 3.05) is 13.7 Å². The molecule has 1 aliphatic heterocycles. The minimum atomic E-state index is -0.406. The van der Waals surface area contributed by atoms with Crippen LogP contribution < -0.4 is 4.74 Å². The molecule has 132 valence electrons. The fourth-order valence-electron chi connectivity index (χ4n) is 3.38. The second kappa shape index (κ2) is 8.03. The van der Waals surface area contributed by atoms with Gasteiger partial charge in [0.05, 0.1) is 25.8 Å². The maximum absolute atomic E-state index is 12.7. The Balaban J connectivity index is 1.78. The van der Waals surface area contributed by atoms with Gasteiger partial charge in [0.1, 0.15) is 12.4 Å². The molecule has 5 heteroatoms. The van der Waals surface area contributed by atoms with E-state index >= 15 is 0 Å². The Morgan fingerprint density at radius 3 is 2.56 bits per heavy atom. The van der Waals surface area contributed by atoms with E-state index in [0.717, 1.165) is 29.7 Å². The lowest BCUT2D eigenvalue weighted by molar-refractivity contribution is 0.0644. The topological polar surface area (TPSA) is 59.0 Å². The highest BCUT2D eigenvalue weighted by atomic mass is 16.6. The van der Waals surface area contributed by atoms with Crippen LogP contribution in [0.25, 0.3) is 0 Å². The van der Waals surface area contributed by atoms with Crippen LogP contribution in [0.4, 0.5) is 4.79 Å². The van der Waals surface area contributed by atoms with E-state index < -0.39 is 6.09 Å². The first-order valence-corrected chi connectivity index (χ1v) is 8.47. The van der Waals surface area contributed by atoms with E-state index in [1.54, 1.807) is 12.0 Å². The number of aliphatic hydroxyl groups excluding tert-OH is 1. The fraction of sp³-hybridized carbons (Fsp3) is 0.350. The summed E-state index contributed by atoms with van der Waals surface area (Å²) in [5.74, 6) is 0.743. The molecule has 1 saturated heterocycles. The Hall–Kier alpha value is -2.53. The Morgan fingerprint density at radius 1 is 1.12 bits per heavy atom. The molecule has 2 atom stereocenters. The summed E-state index contributed by atoms with van der Waals surface area (Å²) >= 11 is 0. The number of ether oxygens (including phenoxy) is 2. The highest BCUT2D eigenvalue weighted by Gasteiger charge is 2.39. The molecule has 0 aromatic heterocycles. The summed E-state index contributed by atoms with van der Waals surface area (Å²) in [5.41, 5.74) is 1.88. The van der Waals surface area contributed by atoms with Gasteiger partial charge in [0.25, 0.3) is 0 Å². The van der Waals surface area contributed by atoms with E-state index in [-0.39, 0.29) is 25.3 Å². The van der Waals surface area contributed by atoms with Gasteiger partial charge in [0.15, 0.2) is 0 Å². The molecule has 25 heavy (non-hydrogen) atoms. The highest BCUT2D eigenvalue weighted by Crippen LogP contribution is 2.40. The minimum absolute atomic E-state index is 0.0773. The van der Waals surface area contributed by atoms with E-state index in [2.05, 4.69) is 0 Å². The molecule has 0 spiro atoms. The molecule has 2 aromatic rings. The molecule has 0 radical (unpaired) electrons. The van der Waals surface area contributed by atoms with Crippen LogP contribution in [-0.2, 0) is 11.3 Å². The smallest absolute Gasteiger partial charge is 0.410 e. The van der Waals surface area contributed by atoms with Crippen molar-refractivity contribution in [3.8, 4) is 5.75 Å². The number of hydrogen-bond acceptors (Lipinski definition) is 4. The van der Waals surface area contributed by atoms with Crippen LogP contribution in [0.5, 0.6) is 5.75 Å². The zero-order valence-corrected chi connectivity index (χ0v) is 14.3. The molecule has 1 aliphatic rings. The fourth-order valence-corrected chi connectivity index (χ4v) is 3.38. The van der Waals surface area contributed by atoms with Gasteiger partial charge < -0.3 is 14.6 Å². The molecule has 0 saturated carbocycles. The predicted molar refractivity (Wildman–Crippen MR) is 94.3 cm³/mol. The van der Waals surface area contributed by atoms with Crippen LogP contribution in [-0.4, -0.2) is 35.9 Å². The Bertz CT molecular complexity index is 704. The zero-order chi connectivity index (χ0) is 17.6. The standard InChI is InChI=1S/C20H23NO4/c1-24-19-10-6-5-9-17(19)18-12-11-16(13-22)21(18)20(23)25-14-15-7-3-2-4-8-15/h2-10,16,18,22H,11-14H2,1H3. The number of methoxy groups -OCH3 is 1. The van der Waals surface area contributed by atoms with E-state index in [9.17, 15) is 9.90 Å². The lowest BCUT2D eigenvalue weighted by Gasteiger charge is -2.29. The van der Waals surface area contributed by atoms with Crippen molar-refractivity contribution in [3.63, 3.8) is 0 Å². The zero-order valence-electron chi connectivity index (χ0n) is 14.3. The van der Waals surface area contributed by atoms with Crippen molar-refractivity contribution in [3.05, 3.63) is 65.7 Å². The summed E-state index contributed by atoms with van der Waals surface area (Å²) in [6.45, 7) is 0.138. The normalized spacial score (nSPS) is 19.7. The van der Waals surface area contributed by atoms with Gasteiger partial charge >= 0.3 is 6.09 Å². The number of amides is 1. The average Bonchev–Trinajstić information content (AvgIpc) is 3.11. The van der Waals surface area contributed by atoms with Crippen LogP contribution in [0.1, 0.15) is 30.0 Å². The van der Waals surface area contributed by atoms with Gasteiger partial charge in [-0.25, -0.2) is 4.79 Å². The number of nitrogens with zero attached hydrogens (tertiary/aromatic N) is 1. The molecule has 0 bridgehead atoms. The molecule has 0 aliphatic carbocycles. The Kier molecular flexibility index (Phi) is 5.56. The van der Waals surface area contributed by atoms with Crippen LogP contribution in [0.2, 0.25) is 0 Å². The SMILES string of the molecule is COc1ccccc1C1CCC(CO)N1C(=O)OCc1ccccc1. The van der Waals surface area contributed by atoms with Crippen molar-refractivity contribution in [2.24, 2.45) is 0 Å². The lowest BCUT2D eigenvalue weighted by Crippen LogP contribution is -2.39. The van der Waals surface area contributed by atoms with E-state index in [1.807, 2.05) is 54.6 Å². The first-order valence-electron chi connectivity index (χ1n) is 8.47. The largest absolute Gasteiger partial charge is 0.496 e. The van der Waals surface area contributed by atoms with Gasteiger partial charge in [-0.1, -0.05) is 48.5 Å². The van der Waals surface area contributed by atoms with Gasteiger partial charge in [-0.2, -0.15) is 0 Å².